The lowest BCUT2D eigenvalue weighted by molar-refractivity contribution is -0.127. The Bertz CT molecular complexity index is 497. The van der Waals surface area contributed by atoms with Crippen molar-refractivity contribution in [2.24, 2.45) is 11.7 Å². The van der Waals surface area contributed by atoms with Crippen LogP contribution in [0, 0.1) is 12.8 Å². The molecule has 0 saturated heterocycles. The van der Waals surface area contributed by atoms with Crippen LogP contribution in [0.5, 0.6) is 0 Å². The molecule has 1 unspecified atom stereocenters. The fourth-order valence-corrected chi connectivity index (χ4v) is 2.63. The highest BCUT2D eigenvalue weighted by Gasteiger charge is 2.19. The van der Waals surface area contributed by atoms with Crippen molar-refractivity contribution < 1.29 is 9.59 Å². The van der Waals surface area contributed by atoms with Gasteiger partial charge in [-0.15, -0.1) is 36.2 Å². The molecule has 0 spiro atoms. The van der Waals surface area contributed by atoms with E-state index >= 15 is 0 Å². The van der Waals surface area contributed by atoms with Crippen molar-refractivity contribution in [1.82, 2.24) is 15.6 Å². The molecule has 0 radical (unpaired) electrons. The molecule has 9 heteroatoms. The first-order valence-electron chi connectivity index (χ1n) is 7.09. The highest BCUT2D eigenvalue weighted by atomic mass is 35.5. The molecule has 0 aliphatic carbocycles. The number of thiazole rings is 1. The van der Waals surface area contributed by atoms with Gasteiger partial charge < -0.3 is 16.4 Å². The topological polar surface area (TPSA) is 97.1 Å². The fraction of sp³-hybridized carbons (Fsp3) is 0.643. The zero-order valence-electron chi connectivity index (χ0n) is 13.8. The number of amides is 2. The van der Waals surface area contributed by atoms with Gasteiger partial charge in [0, 0.05) is 11.1 Å². The first kappa shape index (κ1) is 24.4. The number of nitrogens with one attached hydrogen (secondary N) is 2. The number of hydrogen-bond acceptors (Lipinski definition) is 5. The van der Waals surface area contributed by atoms with Crippen LogP contribution >= 0.6 is 36.2 Å². The fourth-order valence-electron chi connectivity index (χ4n) is 1.70. The third kappa shape index (κ3) is 7.97. The van der Waals surface area contributed by atoms with Gasteiger partial charge >= 0.3 is 0 Å². The van der Waals surface area contributed by atoms with Gasteiger partial charge in [0.15, 0.2) is 0 Å². The molecule has 0 bridgehead atoms. The summed E-state index contributed by atoms with van der Waals surface area (Å²) in [7, 11) is 0. The van der Waals surface area contributed by atoms with Crippen molar-refractivity contribution in [3.63, 3.8) is 0 Å². The molecule has 1 heterocycles. The van der Waals surface area contributed by atoms with E-state index in [2.05, 4.69) is 15.6 Å². The second-order valence-electron chi connectivity index (χ2n) is 5.34. The standard InChI is InChI=1S/C14H24N4O2S.2ClH/c1-5-10(14-17-9(4)7-21-14)18-11(19)6-16-13(20)12(15)8(2)3;;/h7-8,10,12H,5-6,15H2,1-4H3,(H,16,20)(H,18,19);2*1H/t10?,12-;;/m0../s1. The number of aromatic nitrogens is 1. The summed E-state index contributed by atoms with van der Waals surface area (Å²) in [6.45, 7) is 7.56. The van der Waals surface area contributed by atoms with Gasteiger partial charge in [-0.2, -0.15) is 0 Å². The number of carbonyl (C=O) groups is 2. The minimum atomic E-state index is -0.596. The van der Waals surface area contributed by atoms with Crippen molar-refractivity contribution in [1.29, 1.82) is 0 Å². The Labute approximate surface area is 153 Å². The number of nitrogens with two attached hydrogens (primary N) is 1. The van der Waals surface area contributed by atoms with Crippen molar-refractivity contribution in [2.75, 3.05) is 6.54 Å². The van der Waals surface area contributed by atoms with Crippen LogP contribution < -0.4 is 16.4 Å². The number of aryl methyl sites for hydroxylation is 1. The molecule has 4 N–H and O–H groups in total. The van der Waals surface area contributed by atoms with Crippen LogP contribution in [0.25, 0.3) is 0 Å². The van der Waals surface area contributed by atoms with Crippen LogP contribution in [0.3, 0.4) is 0 Å². The van der Waals surface area contributed by atoms with Crippen LogP contribution in [-0.4, -0.2) is 29.4 Å². The van der Waals surface area contributed by atoms with Gasteiger partial charge in [-0.25, -0.2) is 4.98 Å². The summed E-state index contributed by atoms with van der Waals surface area (Å²) in [6, 6.07) is -0.715. The largest absolute Gasteiger partial charge is 0.346 e. The van der Waals surface area contributed by atoms with Crippen molar-refractivity contribution in [3.05, 3.63) is 16.1 Å². The summed E-state index contributed by atoms with van der Waals surface area (Å²) >= 11 is 1.52. The van der Waals surface area contributed by atoms with Crippen molar-refractivity contribution >= 4 is 48.0 Å². The van der Waals surface area contributed by atoms with E-state index in [0.29, 0.717) is 0 Å². The third-order valence-corrected chi connectivity index (χ3v) is 4.20. The Morgan fingerprint density at radius 1 is 1.35 bits per heavy atom. The van der Waals surface area contributed by atoms with Gasteiger partial charge in [-0.05, 0) is 19.3 Å². The molecule has 23 heavy (non-hydrogen) atoms. The molecule has 0 aliphatic heterocycles. The summed E-state index contributed by atoms with van der Waals surface area (Å²) in [5.74, 6) is -0.507. The Morgan fingerprint density at radius 2 is 1.96 bits per heavy atom. The number of hydrogen-bond donors (Lipinski definition) is 3. The number of carbonyl (C=O) groups excluding carboxylic acids is 2. The molecule has 6 nitrogen and oxygen atoms in total. The zero-order valence-corrected chi connectivity index (χ0v) is 16.2. The molecule has 0 aromatic carbocycles. The van der Waals surface area contributed by atoms with Gasteiger partial charge in [0.1, 0.15) is 5.01 Å². The quantitative estimate of drug-likeness (QED) is 0.668. The average Bonchev–Trinajstić information content (AvgIpc) is 2.87. The summed E-state index contributed by atoms with van der Waals surface area (Å²) in [6.07, 6.45) is 0.748. The molecular formula is C14H26Cl2N4O2S. The summed E-state index contributed by atoms with van der Waals surface area (Å²) in [4.78, 5) is 28.0. The van der Waals surface area contributed by atoms with Crippen LogP contribution in [0.2, 0.25) is 0 Å². The van der Waals surface area contributed by atoms with Crippen LogP contribution in [-0.2, 0) is 9.59 Å². The Hall–Kier alpha value is -0.890. The number of nitrogens with zero attached hydrogens (tertiary/aromatic N) is 1. The maximum absolute atomic E-state index is 11.9. The van der Waals surface area contributed by atoms with Gasteiger partial charge in [0.2, 0.25) is 11.8 Å². The van der Waals surface area contributed by atoms with Gasteiger partial charge in [0.05, 0.1) is 18.6 Å². The second kappa shape index (κ2) is 11.6. The third-order valence-electron chi connectivity index (χ3n) is 3.12. The van der Waals surface area contributed by atoms with E-state index < -0.39 is 6.04 Å². The Balaban J connectivity index is 0. The van der Waals surface area contributed by atoms with E-state index in [9.17, 15) is 9.59 Å². The smallest absolute Gasteiger partial charge is 0.239 e. The predicted octanol–water partition coefficient (Wildman–Crippen LogP) is 1.96. The lowest BCUT2D eigenvalue weighted by atomic mass is 10.1. The maximum Gasteiger partial charge on any atom is 0.239 e. The lowest BCUT2D eigenvalue weighted by Gasteiger charge is -2.17. The molecule has 1 aromatic rings. The predicted molar refractivity (Wildman–Crippen MR) is 98.3 cm³/mol. The summed E-state index contributed by atoms with van der Waals surface area (Å²) in [5.41, 5.74) is 6.66. The normalized spacial score (nSPS) is 12.6. The van der Waals surface area contributed by atoms with Gasteiger partial charge in [-0.1, -0.05) is 20.8 Å². The first-order valence-corrected chi connectivity index (χ1v) is 7.97. The molecule has 0 fully saturated rings. The molecule has 1 rings (SSSR count). The second-order valence-corrected chi connectivity index (χ2v) is 6.23. The monoisotopic (exact) mass is 384 g/mol. The molecule has 2 atom stereocenters. The summed E-state index contributed by atoms with van der Waals surface area (Å²) < 4.78 is 0. The lowest BCUT2D eigenvalue weighted by Crippen LogP contribution is -2.47. The summed E-state index contributed by atoms with van der Waals surface area (Å²) in [5, 5.41) is 8.26. The molecule has 134 valence electrons. The van der Waals surface area contributed by atoms with E-state index in [1.807, 2.05) is 33.1 Å². The highest BCUT2D eigenvalue weighted by molar-refractivity contribution is 7.09. The first-order chi connectivity index (χ1) is 9.85. The Morgan fingerprint density at radius 3 is 2.39 bits per heavy atom. The van der Waals surface area contributed by atoms with Crippen LogP contribution in [0.4, 0.5) is 0 Å². The average molecular weight is 385 g/mol. The molecule has 2 amide bonds. The zero-order chi connectivity index (χ0) is 16.0. The van der Waals surface area contributed by atoms with E-state index in [-0.39, 0.29) is 55.1 Å². The van der Waals surface area contributed by atoms with E-state index in [0.717, 1.165) is 17.1 Å². The molecule has 1 aromatic heterocycles. The van der Waals surface area contributed by atoms with Gasteiger partial charge in [-0.3, -0.25) is 9.59 Å². The number of halogens is 2. The van der Waals surface area contributed by atoms with Gasteiger partial charge in [0.25, 0.3) is 0 Å². The van der Waals surface area contributed by atoms with Crippen LogP contribution in [0.15, 0.2) is 5.38 Å². The minimum absolute atomic E-state index is 0. The van der Waals surface area contributed by atoms with E-state index in [1.165, 1.54) is 11.3 Å². The Kier molecular flexibility index (Phi) is 12.3. The molecule has 0 aliphatic rings. The van der Waals surface area contributed by atoms with Crippen molar-refractivity contribution in [3.8, 4) is 0 Å². The van der Waals surface area contributed by atoms with E-state index in [1.54, 1.807) is 0 Å². The highest BCUT2D eigenvalue weighted by Crippen LogP contribution is 2.20. The number of rotatable bonds is 7. The SMILES string of the molecule is CCC(NC(=O)CNC(=O)[C@@H](N)C(C)C)c1nc(C)cs1.Cl.Cl. The van der Waals surface area contributed by atoms with E-state index in [4.69, 9.17) is 5.73 Å². The molecule has 0 saturated carbocycles. The molecular weight excluding hydrogens is 359 g/mol. The maximum atomic E-state index is 11.9. The van der Waals surface area contributed by atoms with Crippen molar-refractivity contribution in [2.45, 2.75) is 46.2 Å². The van der Waals surface area contributed by atoms with Crippen LogP contribution in [0.1, 0.15) is 43.9 Å². The minimum Gasteiger partial charge on any atom is -0.346 e.